The van der Waals surface area contributed by atoms with Gasteiger partial charge >= 0.3 is 0 Å². The quantitative estimate of drug-likeness (QED) is 0.770. The number of nitrogens with zero attached hydrogens (tertiary/aromatic N) is 3. The van der Waals surface area contributed by atoms with Crippen molar-refractivity contribution < 1.29 is 4.52 Å². The zero-order valence-corrected chi connectivity index (χ0v) is 9.90. The largest absolute Gasteiger partial charge is 0.337 e. The van der Waals surface area contributed by atoms with E-state index in [0.717, 1.165) is 17.5 Å². The Morgan fingerprint density at radius 1 is 1.50 bits per heavy atom. The molecule has 0 aliphatic rings. The summed E-state index contributed by atoms with van der Waals surface area (Å²) in [5.74, 6) is 1.01. The lowest BCUT2D eigenvalue weighted by molar-refractivity contribution is 0.379. The van der Waals surface area contributed by atoms with Crippen molar-refractivity contribution in [2.24, 2.45) is 0 Å². The molecule has 0 aliphatic carbocycles. The molecular formula is C11H12ClN3O. The Balaban J connectivity index is 2.42. The van der Waals surface area contributed by atoms with Crippen molar-refractivity contribution in [3.05, 3.63) is 29.9 Å². The molecule has 2 heterocycles. The molecule has 2 aromatic rings. The first kappa shape index (κ1) is 11.1. The van der Waals surface area contributed by atoms with Gasteiger partial charge in [0, 0.05) is 18.0 Å². The number of aromatic nitrogens is 3. The molecule has 0 fully saturated rings. The Morgan fingerprint density at radius 2 is 2.31 bits per heavy atom. The van der Waals surface area contributed by atoms with E-state index in [-0.39, 0.29) is 5.38 Å². The number of hydrogen-bond acceptors (Lipinski definition) is 4. The first-order chi connectivity index (χ1) is 7.72. The molecule has 1 atom stereocenters. The molecule has 84 valence electrons. The van der Waals surface area contributed by atoms with Crippen LogP contribution in [0.15, 0.2) is 23.0 Å². The number of rotatable bonds is 3. The van der Waals surface area contributed by atoms with Crippen LogP contribution in [0.5, 0.6) is 0 Å². The molecule has 0 saturated heterocycles. The summed E-state index contributed by atoms with van der Waals surface area (Å²) in [6.45, 7) is 3.86. The smallest absolute Gasteiger partial charge is 0.244 e. The van der Waals surface area contributed by atoms with Gasteiger partial charge in [-0.05, 0) is 25.0 Å². The molecule has 0 bridgehead atoms. The molecule has 1 unspecified atom stereocenters. The highest BCUT2D eigenvalue weighted by Gasteiger charge is 2.14. The maximum atomic E-state index is 5.87. The Morgan fingerprint density at radius 3 is 2.94 bits per heavy atom. The number of halogens is 1. The molecule has 4 nitrogen and oxygen atoms in total. The first-order valence-electron chi connectivity index (χ1n) is 5.13. The van der Waals surface area contributed by atoms with Gasteiger partial charge < -0.3 is 4.52 Å². The third-order valence-corrected chi connectivity index (χ3v) is 2.49. The Hall–Kier alpha value is -1.42. The predicted molar refractivity (Wildman–Crippen MR) is 61.2 cm³/mol. The second-order valence-corrected chi connectivity index (χ2v) is 4.11. The van der Waals surface area contributed by atoms with E-state index in [1.807, 2.05) is 12.3 Å². The molecule has 0 spiro atoms. The zero-order chi connectivity index (χ0) is 11.5. The van der Waals surface area contributed by atoms with Crippen LogP contribution in [0, 0.1) is 0 Å². The van der Waals surface area contributed by atoms with Gasteiger partial charge in [-0.3, -0.25) is 4.98 Å². The van der Waals surface area contributed by atoms with E-state index in [9.17, 15) is 0 Å². The van der Waals surface area contributed by atoms with Crippen LogP contribution in [-0.2, 0) is 6.42 Å². The molecular weight excluding hydrogens is 226 g/mol. The van der Waals surface area contributed by atoms with Crippen LogP contribution >= 0.6 is 11.6 Å². The fraction of sp³-hybridized carbons (Fsp3) is 0.364. The van der Waals surface area contributed by atoms with Gasteiger partial charge in [0.2, 0.25) is 11.7 Å². The minimum atomic E-state index is -0.270. The van der Waals surface area contributed by atoms with Gasteiger partial charge in [-0.2, -0.15) is 4.98 Å². The molecule has 5 heteroatoms. The van der Waals surface area contributed by atoms with Crippen LogP contribution in [0.2, 0.25) is 0 Å². The molecule has 0 amide bonds. The summed E-state index contributed by atoms with van der Waals surface area (Å²) in [4.78, 5) is 8.32. The maximum Gasteiger partial charge on any atom is 0.244 e. The monoisotopic (exact) mass is 237 g/mol. The normalized spacial score (nSPS) is 12.7. The molecule has 0 aromatic carbocycles. The average Bonchev–Trinajstić information content (AvgIpc) is 2.78. The summed E-state index contributed by atoms with van der Waals surface area (Å²) in [6.07, 6.45) is 4.41. The van der Waals surface area contributed by atoms with Crippen LogP contribution in [0.4, 0.5) is 0 Å². The third kappa shape index (κ3) is 2.07. The van der Waals surface area contributed by atoms with Gasteiger partial charge in [-0.1, -0.05) is 12.1 Å². The second-order valence-electron chi connectivity index (χ2n) is 3.46. The van der Waals surface area contributed by atoms with Crippen molar-refractivity contribution in [3.63, 3.8) is 0 Å². The summed E-state index contributed by atoms with van der Waals surface area (Å²) in [7, 11) is 0. The highest BCUT2D eigenvalue weighted by Crippen LogP contribution is 2.24. The molecule has 0 N–H and O–H groups in total. The van der Waals surface area contributed by atoms with Crippen molar-refractivity contribution >= 4 is 11.6 Å². The molecule has 2 rings (SSSR count). The van der Waals surface area contributed by atoms with Crippen molar-refractivity contribution in [1.29, 1.82) is 0 Å². The fourth-order valence-electron chi connectivity index (χ4n) is 1.43. The molecule has 0 saturated carbocycles. The van der Waals surface area contributed by atoms with E-state index in [1.165, 1.54) is 0 Å². The summed E-state index contributed by atoms with van der Waals surface area (Å²) in [5.41, 5.74) is 2.04. The topological polar surface area (TPSA) is 51.8 Å². The van der Waals surface area contributed by atoms with Crippen LogP contribution in [0.3, 0.4) is 0 Å². The fourth-order valence-corrected chi connectivity index (χ4v) is 1.52. The maximum absolute atomic E-state index is 5.87. The van der Waals surface area contributed by atoms with E-state index >= 15 is 0 Å². The first-order valence-corrected chi connectivity index (χ1v) is 5.57. The van der Waals surface area contributed by atoms with E-state index in [2.05, 4.69) is 22.0 Å². The summed E-state index contributed by atoms with van der Waals surface area (Å²) < 4.78 is 5.07. The molecule has 0 aliphatic heterocycles. The lowest BCUT2D eigenvalue weighted by atomic mass is 10.1. The van der Waals surface area contributed by atoms with E-state index in [1.54, 1.807) is 13.1 Å². The average molecular weight is 238 g/mol. The van der Waals surface area contributed by atoms with Crippen LogP contribution in [0.1, 0.15) is 30.7 Å². The van der Waals surface area contributed by atoms with E-state index < -0.39 is 0 Å². The van der Waals surface area contributed by atoms with Gasteiger partial charge in [0.1, 0.15) is 5.38 Å². The van der Waals surface area contributed by atoms with E-state index in [0.29, 0.717) is 11.7 Å². The molecule has 0 radical (unpaired) electrons. The standard InChI is InChI=1S/C11H12ClN3O/c1-3-8-6-13-5-4-9(8)10-14-11(7(2)12)16-15-10/h4-7H,3H2,1-2H3. The van der Waals surface area contributed by atoms with Gasteiger partial charge in [0.05, 0.1) is 0 Å². The minimum absolute atomic E-state index is 0.270. The van der Waals surface area contributed by atoms with Crippen molar-refractivity contribution in [1.82, 2.24) is 15.1 Å². The second kappa shape index (κ2) is 4.61. The lowest BCUT2D eigenvalue weighted by Crippen LogP contribution is -1.91. The molecule has 2 aromatic heterocycles. The lowest BCUT2D eigenvalue weighted by Gasteiger charge is -2.00. The molecule has 16 heavy (non-hydrogen) atoms. The van der Waals surface area contributed by atoms with Crippen LogP contribution in [0.25, 0.3) is 11.4 Å². The van der Waals surface area contributed by atoms with Gasteiger partial charge in [0.25, 0.3) is 0 Å². The SMILES string of the molecule is CCc1cnccc1-c1noc(C(C)Cl)n1. The van der Waals surface area contributed by atoms with Gasteiger partial charge in [-0.25, -0.2) is 0 Å². The summed E-state index contributed by atoms with van der Waals surface area (Å²) in [5, 5.41) is 3.65. The van der Waals surface area contributed by atoms with E-state index in [4.69, 9.17) is 16.1 Å². The van der Waals surface area contributed by atoms with Gasteiger partial charge in [0.15, 0.2) is 0 Å². The Bertz CT molecular complexity index is 482. The Labute approximate surface area is 98.7 Å². The van der Waals surface area contributed by atoms with Crippen molar-refractivity contribution in [3.8, 4) is 11.4 Å². The summed E-state index contributed by atoms with van der Waals surface area (Å²) >= 11 is 5.87. The van der Waals surface area contributed by atoms with Crippen LogP contribution < -0.4 is 0 Å². The number of alkyl halides is 1. The zero-order valence-electron chi connectivity index (χ0n) is 9.14. The van der Waals surface area contributed by atoms with Crippen molar-refractivity contribution in [2.45, 2.75) is 25.6 Å². The highest BCUT2D eigenvalue weighted by molar-refractivity contribution is 6.20. The predicted octanol–water partition coefficient (Wildman–Crippen LogP) is 2.99. The van der Waals surface area contributed by atoms with Gasteiger partial charge in [-0.15, -0.1) is 11.6 Å². The van der Waals surface area contributed by atoms with Crippen molar-refractivity contribution in [2.75, 3.05) is 0 Å². The van der Waals surface area contributed by atoms with Crippen LogP contribution in [-0.4, -0.2) is 15.1 Å². The number of aryl methyl sites for hydroxylation is 1. The Kier molecular flexibility index (Phi) is 3.19. The minimum Gasteiger partial charge on any atom is -0.337 e. The number of pyridine rings is 1. The number of hydrogen-bond donors (Lipinski definition) is 0. The highest BCUT2D eigenvalue weighted by atomic mass is 35.5. The summed E-state index contributed by atoms with van der Waals surface area (Å²) in [6, 6.07) is 1.88. The third-order valence-electron chi connectivity index (χ3n) is 2.31.